The van der Waals surface area contributed by atoms with Crippen molar-refractivity contribution in [3.63, 3.8) is 0 Å². The van der Waals surface area contributed by atoms with Crippen LogP contribution >= 0.6 is 0 Å². The first kappa shape index (κ1) is 12.5. The van der Waals surface area contributed by atoms with Crippen molar-refractivity contribution in [1.82, 2.24) is 0 Å². The molecule has 3 heteroatoms. The van der Waals surface area contributed by atoms with Crippen LogP contribution in [0.3, 0.4) is 0 Å². The third-order valence-corrected chi connectivity index (χ3v) is 2.54. The lowest BCUT2D eigenvalue weighted by Gasteiger charge is -2.15. The van der Waals surface area contributed by atoms with Gasteiger partial charge in [-0.1, -0.05) is 25.1 Å². The van der Waals surface area contributed by atoms with Gasteiger partial charge in [0.25, 0.3) is 0 Å². The zero-order valence-corrected chi connectivity index (χ0v) is 9.51. The first-order valence-electron chi connectivity index (χ1n) is 5.09. The summed E-state index contributed by atoms with van der Waals surface area (Å²) in [6.07, 6.45) is 1.10. The van der Waals surface area contributed by atoms with Gasteiger partial charge in [0.05, 0.1) is 18.8 Å². The van der Waals surface area contributed by atoms with Gasteiger partial charge in [0.15, 0.2) is 0 Å². The zero-order valence-electron chi connectivity index (χ0n) is 9.51. The fraction of sp³-hybridized carbons (Fsp3) is 0.308. The number of hydrogen-bond acceptors (Lipinski definition) is 3. The van der Waals surface area contributed by atoms with Crippen molar-refractivity contribution in [3.05, 3.63) is 48.0 Å². The standard InChI is InChI=1S/C13H16O3/c1-4-9(2)12(14)10-5-7-11(8-6-10)13(15)16-3/h4-9,12,14H,1H2,2-3H3. The lowest BCUT2D eigenvalue weighted by Crippen LogP contribution is -2.07. The van der Waals surface area contributed by atoms with Gasteiger partial charge in [-0.2, -0.15) is 0 Å². The zero-order chi connectivity index (χ0) is 12.1. The predicted octanol–water partition coefficient (Wildman–Crippen LogP) is 2.33. The van der Waals surface area contributed by atoms with Crippen LogP contribution in [-0.2, 0) is 4.74 Å². The minimum Gasteiger partial charge on any atom is -0.465 e. The second-order valence-electron chi connectivity index (χ2n) is 3.65. The molecule has 1 rings (SSSR count). The van der Waals surface area contributed by atoms with Gasteiger partial charge < -0.3 is 9.84 Å². The SMILES string of the molecule is C=CC(C)C(O)c1ccc(C(=O)OC)cc1. The van der Waals surface area contributed by atoms with Crippen molar-refractivity contribution >= 4 is 5.97 Å². The Hall–Kier alpha value is -1.61. The fourth-order valence-corrected chi connectivity index (χ4v) is 1.37. The molecular weight excluding hydrogens is 204 g/mol. The molecular formula is C13H16O3. The molecule has 1 aromatic carbocycles. The van der Waals surface area contributed by atoms with Crippen LogP contribution in [0.4, 0.5) is 0 Å². The Morgan fingerprint density at radius 3 is 2.44 bits per heavy atom. The highest BCUT2D eigenvalue weighted by molar-refractivity contribution is 5.89. The third-order valence-electron chi connectivity index (χ3n) is 2.54. The maximum absolute atomic E-state index is 11.2. The molecule has 1 N–H and O–H groups in total. The van der Waals surface area contributed by atoms with Crippen molar-refractivity contribution in [1.29, 1.82) is 0 Å². The van der Waals surface area contributed by atoms with Crippen molar-refractivity contribution in [2.75, 3.05) is 7.11 Å². The van der Waals surface area contributed by atoms with E-state index in [1.807, 2.05) is 6.92 Å². The summed E-state index contributed by atoms with van der Waals surface area (Å²) in [6, 6.07) is 6.72. The summed E-state index contributed by atoms with van der Waals surface area (Å²) >= 11 is 0. The number of hydrogen-bond donors (Lipinski definition) is 1. The average molecular weight is 220 g/mol. The number of carbonyl (C=O) groups excluding carboxylic acids is 1. The highest BCUT2D eigenvalue weighted by atomic mass is 16.5. The van der Waals surface area contributed by atoms with E-state index in [4.69, 9.17) is 0 Å². The summed E-state index contributed by atoms with van der Waals surface area (Å²) in [5, 5.41) is 9.89. The normalized spacial score (nSPS) is 13.9. The molecule has 0 aliphatic carbocycles. The van der Waals surface area contributed by atoms with Crippen molar-refractivity contribution in [3.8, 4) is 0 Å². The van der Waals surface area contributed by atoms with Crippen molar-refractivity contribution in [2.45, 2.75) is 13.0 Å². The summed E-state index contributed by atoms with van der Waals surface area (Å²) < 4.78 is 4.59. The number of rotatable bonds is 4. The first-order valence-corrected chi connectivity index (χ1v) is 5.09. The van der Waals surface area contributed by atoms with E-state index in [0.717, 1.165) is 5.56 Å². The minimum atomic E-state index is -0.593. The number of ether oxygens (including phenoxy) is 1. The topological polar surface area (TPSA) is 46.5 Å². The van der Waals surface area contributed by atoms with E-state index in [2.05, 4.69) is 11.3 Å². The van der Waals surface area contributed by atoms with Crippen LogP contribution in [0, 0.1) is 5.92 Å². The second-order valence-corrected chi connectivity index (χ2v) is 3.65. The molecule has 0 aromatic heterocycles. The molecule has 16 heavy (non-hydrogen) atoms. The van der Waals surface area contributed by atoms with Gasteiger partial charge in [-0.15, -0.1) is 6.58 Å². The van der Waals surface area contributed by atoms with E-state index in [1.54, 1.807) is 30.3 Å². The number of aliphatic hydroxyl groups is 1. The van der Waals surface area contributed by atoms with Crippen molar-refractivity contribution < 1.29 is 14.6 Å². The molecule has 0 aliphatic heterocycles. The molecule has 0 amide bonds. The first-order chi connectivity index (χ1) is 7.60. The molecule has 0 saturated carbocycles. The maximum atomic E-state index is 11.2. The van der Waals surface area contributed by atoms with Gasteiger partial charge >= 0.3 is 5.97 Å². The smallest absolute Gasteiger partial charge is 0.337 e. The maximum Gasteiger partial charge on any atom is 0.337 e. The van der Waals surface area contributed by atoms with Crippen LogP contribution in [0.15, 0.2) is 36.9 Å². The molecule has 0 bridgehead atoms. The van der Waals surface area contributed by atoms with E-state index < -0.39 is 6.10 Å². The van der Waals surface area contributed by atoms with Gasteiger partial charge in [0.1, 0.15) is 0 Å². The van der Waals surface area contributed by atoms with Gasteiger partial charge in [0, 0.05) is 5.92 Å². The summed E-state index contributed by atoms with van der Waals surface area (Å²) in [5.74, 6) is -0.401. The van der Waals surface area contributed by atoms with E-state index in [-0.39, 0.29) is 11.9 Å². The molecule has 0 radical (unpaired) electrons. The molecule has 0 spiro atoms. The van der Waals surface area contributed by atoms with E-state index in [1.165, 1.54) is 7.11 Å². The lowest BCUT2D eigenvalue weighted by atomic mass is 9.97. The predicted molar refractivity (Wildman–Crippen MR) is 62.1 cm³/mol. The third kappa shape index (κ3) is 2.70. The van der Waals surface area contributed by atoms with Crippen LogP contribution in [0.1, 0.15) is 28.9 Å². The molecule has 0 saturated heterocycles. The van der Waals surface area contributed by atoms with Crippen molar-refractivity contribution in [2.24, 2.45) is 5.92 Å². The van der Waals surface area contributed by atoms with E-state index in [0.29, 0.717) is 5.56 Å². The molecule has 0 aliphatic rings. The Balaban J connectivity index is 2.86. The van der Waals surface area contributed by atoms with E-state index in [9.17, 15) is 9.90 Å². The quantitative estimate of drug-likeness (QED) is 0.625. The minimum absolute atomic E-state index is 0.0241. The lowest BCUT2D eigenvalue weighted by molar-refractivity contribution is 0.0600. The molecule has 2 unspecified atom stereocenters. The van der Waals surface area contributed by atoms with Crippen LogP contribution in [0.5, 0.6) is 0 Å². The molecule has 0 heterocycles. The fourth-order valence-electron chi connectivity index (χ4n) is 1.37. The summed E-state index contributed by atoms with van der Waals surface area (Å²) in [4.78, 5) is 11.2. The number of carbonyl (C=O) groups is 1. The molecule has 3 nitrogen and oxygen atoms in total. The molecule has 2 atom stereocenters. The van der Waals surface area contributed by atoms with Crippen LogP contribution < -0.4 is 0 Å². The van der Waals surface area contributed by atoms with Crippen LogP contribution in [-0.4, -0.2) is 18.2 Å². The average Bonchev–Trinajstić information content (AvgIpc) is 2.36. The summed E-state index contributed by atoms with van der Waals surface area (Å²) in [5.41, 5.74) is 1.24. The van der Waals surface area contributed by atoms with Gasteiger partial charge in [0.2, 0.25) is 0 Å². The van der Waals surface area contributed by atoms with Crippen LogP contribution in [0.2, 0.25) is 0 Å². The Morgan fingerprint density at radius 2 is 2.00 bits per heavy atom. The summed E-state index contributed by atoms with van der Waals surface area (Å²) in [6.45, 7) is 5.51. The number of benzene rings is 1. The van der Waals surface area contributed by atoms with Gasteiger partial charge in [-0.05, 0) is 17.7 Å². The highest BCUT2D eigenvalue weighted by Crippen LogP contribution is 2.22. The Kier molecular flexibility index (Phi) is 4.26. The largest absolute Gasteiger partial charge is 0.465 e. The summed E-state index contributed by atoms with van der Waals surface area (Å²) in [7, 11) is 1.34. The second kappa shape index (κ2) is 5.47. The Morgan fingerprint density at radius 1 is 1.44 bits per heavy atom. The monoisotopic (exact) mass is 220 g/mol. The molecule has 86 valence electrons. The van der Waals surface area contributed by atoms with Crippen LogP contribution in [0.25, 0.3) is 0 Å². The number of esters is 1. The molecule has 0 fully saturated rings. The Bertz CT molecular complexity index is 367. The number of aliphatic hydroxyl groups excluding tert-OH is 1. The molecule has 1 aromatic rings. The van der Waals surface area contributed by atoms with E-state index >= 15 is 0 Å². The number of methoxy groups -OCH3 is 1. The highest BCUT2D eigenvalue weighted by Gasteiger charge is 2.14. The van der Waals surface area contributed by atoms with Gasteiger partial charge in [-0.3, -0.25) is 0 Å². The van der Waals surface area contributed by atoms with Gasteiger partial charge in [-0.25, -0.2) is 4.79 Å². The Labute approximate surface area is 95.4 Å².